The van der Waals surface area contributed by atoms with Crippen LogP contribution in [0.3, 0.4) is 0 Å². The van der Waals surface area contributed by atoms with E-state index in [4.69, 9.17) is 0 Å². The Bertz CT molecular complexity index is 783. The van der Waals surface area contributed by atoms with Gasteiger partial charge in [0.15, 0.2) is 0 Å². The van der Waals surface area contributed by atoms with Crippen LogP contribution in [-0.4, -0.2) is 39.1 Å². The first-order valence-corrected chi connectivity index (χ1v) is 7.97. The van der Waals surface area contributed by atoms with Crippen molar-refractivity contribution in [2.24, 2.45) is 0 Å². The number of nitrogens with zero attached hydrogens (tertiary/aromatic N) is 4. The fourth-order valence-corrected chi connectivity index (χ4v) is 2.70. The third-order valence-corrected chi connectivity index (χ3v) is 3.79. The number of aliphatic hydroxyl groups is 1. The van der Waals surface area contributed by atoms with Gasteiger partial charge in [-0.2, -0.15) is 0 Å². The Labute approximate surface area is 142 Å². The van der Waals surface area contributed by atoms with Crippen molar-refractivity contribution in [3.05, 3.63) is 83.2 Å². The molecule has 5 heteroatoms. The lowest BCUT2D eigenvalue weighted by molar-refractivity contribution is 0.215. The summed E-state index contributed by atoms with van der Waals surface area (Å²) in [5.74, 6) is 0. The predicted octanol–water partition coefficient (Wildman–Crippen LogP) is 2.47. The van der Waals surface area contributed by atoms with E-state index < -0.39 is 6.10 Å². The van der Waals surface area contributed by atoms with Crippen LogP contribution in [0.2, 0.25) is 0 Å². The van der Waals surface area contributed by atoms with Crippen LogP contribution in [0.1, 0.15) is 28.5 Å². The van der Waals surface area contributed by atoms with Gasteiger partial charge in [-0.15, -0.1) is 5.10 Å². The van der Waals surface area contributed by atoms with Crippen molar-refractivity contribution in [3.63, 3.8) is 0 Å². The molecule has 5 nitrogen and oxygen atoms in total. The van der Waals surface area contributed by atoms with E-state index >= 15 is 0 Å². The molecular weight excluding hydrogens is 300 g/mol. The molecule has 0 saturated carbocycles. The van der Waals surface area contributed by atoms with Crippen LogP contribution >= 0.6 is 0 Å². The van der Waals surface area contributed by atoms with Crippen molar-refractivity contribution in [2.45, 2.75) is 19.2 Å². The molecule has 124 valence electrons. The molecular formula is C19H22N4O. The van der Waals surface area contributed by atoms with Crippen molar-refractivity contribution in [1.82, 2.24) is 19.9 Å². The molecule has 3 aromatic rings. The molecule has 0 saturated heterocycles. The minimum absolute atomic E-state index is 0.561. The van der Waals surface area contributed by atoms with Crippen LogP contribution in [0, 0.1) is 0 Å². The molecule has 0 radical (unpaired) electrons. The topological polar surface area (TPSA) is 54.2 Å². The zero-order valence-corrected chi connectivity index (χ0v) is 14.0. The molecule has 1 atom stereocenters. The Morgan fingerprint density at radius 1 is 1.04 bits per heavy atom. The maximum atomic E-state index is 10.4. The highest BCUT2D eigenvalue weighted by atomic mass is 16.3. The smallest absolute Gasteiger partial charge is 0.124 e. The maximum absolute atomic E-state index is 10.4. The number of aliphatic hydroxyl groups excluding tert-OH is 1. The summed E-state index contributed by atoms with van der Waals surface area (Å²) in [6.45, 7) is 1.54. The van der Waals surface area contributed by atoms with Crippen LogP contribution < -0.4 is 0 Å². The van der Waals surface area contributed by atoms with Gasteiger partial charge in [-0.25, -0.2) is 4.68 Å². The van der Waals surface area contributed by atoms with E-state index in [9.17, 15) is 5.11 Å². The van der Waals surface area contributed by atoms with Crippen molar-refractivity contribution < 1.29 is 5.11 Å². The second-order valence-corrected chi connectivity index (χ2v) is 6.21. The van der Waals surface area contributed by atoms with Gasteiger partial charge in [-0.1, -0.05) is 59.8 Å². The van der Waals surface area contributed by atoms with E-state index in [2.05, 4.69) is 53.6 Å². The Hall–Kier alpha value is -2.50. The third-order valence-electron chi connectivity index (χ3n) is 3.79. The summed E-state index contributed by atoms with van der Waals surface area (Å²) in [5.41, 5.74) is 3.81. The largest absolute Gasteiger partial charge is 0.382 e. The lowest BCUT2D eigenvalue weighted by Gasteiger charge is -2.10. The van der Waals surface area contributed by atoms with Gasteiger partial charge >= 0.3 is 0 Å². The fourth-order valence-electron chi connectivity index (χ4n) is 2.70. The van der Waals surface area contributed by atoms with Crippen molar-refractivity contribution >= 4 is 0 Å². The maximum Gasteiger partial charge on any atom is 0.124 e. The SMILES string of the molecule is CN(C)Cc1cccc(Cn2cc([C@@H](O)c3ccccc3)nn2)c1. The fraction of sp³-hybridized carbons (Fsp3) is 0.263. The summed E-state index contributed by atoms with van der Waals surface area (Å²) < 4.78 is 1.76. The molecule has 1 heterocycles. The van der Waals surface area contributed by atoms with E-state index in [0.29, 0.717) is 12.2 Å². The number of benzene rings is 2. The molecule has 0 amide bonds. The van der Waals surface area contributed by atoms with Gasteiger partial charge in [0.2, 0.25) is 0 Å². The van der Waals surface area contributed by atoms with E-state index in [0.717, 1.165) is 12.1 Å². The Morgan fingerprint density at radius 3 is 2.54 bits per heavy atom. The first-order chi connectivity index (χ1) is 11.6. The van der Waals surface area contributed by atoms with Crippen LogP contribution in [0.15, 0.2) is 60.8 Å². The normalized spacial score (nSPS) is 12.5. The predicted molar refractivity (Wildman–Crippen MR) is 93.5 cm³/mol. The molecule has 0 aliphatic heterocycles. The highest BCUT2D eigenvalue weighted by Crippen LogP contribution is 2.19. The minimum Gasteiger partial charge on any atom is -0.382 e. The second kappa shape index (κ2) is 7.38. The lowest BCUT2D eigenvalue weighted by Crippen LogP contribution is -2.11. The van der Waals surface area contributed by atoms with E-state index in [1.165, 1.54) is 11.1 Å². The second-order valence-electron chi connectivity index (χ2n) is 6.21. The van der Waals surface area contributed by atoms with Crippen LogP contribution in [0.5, 0.6) is 0 Å². The zero-order valence-electron chi connectivity index (χ0n) is 14.0. The van der Waals surface area contributed by atoms with Crippen LogP contribution in [0.4, 0.5) is 0 Å². The molecule has 0 unspecified atom stereocenters. The molecule has 1 aromatic heterocycles. The summed E-state index contributed by atoms with van der Waals surface area (Å²) in [6.07, 6.45) is 1.05. The Balaban J connectivity index is 1.72. The highest BCUT2D eigenvalue weighted by molar-refractivity contribution is 5.25. The van der Waals surface area contributed by atoms with Crippen molar-refractivity contribution in [3.8, 4) is 0 Å². The lowest BCUT2D eigenvalue weighted by atomic mass is 10.1. The van der Waals surface area contributed by atoms with Gasteiger partial charge in [-0.05, 0) is 30.8 Å². The van der Waals surface area contributed by atoms with Crippen LogP contribution in [-0.2, 0) is 13.1 Å². The minimum atomic E-state index is -0.750. The molecule has 2 aromatic carbocycles. The monoisotopic (exact) mass is 322 g/mol. The van der Waals surface area contributed by atoms with Gasteiger partial charge in [-0.3, -0.25) is 0 Å². The van der Waals surface area contributed by atoms with E-state index in [-0.39, 0.29) is 0 Å². The van der Waals surface area contributed by atoms with Gasteiger partial charge in [0, 0.05) is 6.54 Å². The average molecular weight is 322 g/mol. The number of hydrogen-bond acceptors (Lipinski definition) is 4. The molecule has 0 fully saturated rings. The van der Waals surface area contributed by atoms with Gasteiger partial charge in [0.05, 0.1) is 12.7 Å². The highest BCUT2D eigenvalue weighted by Gasteiger charge is 2.14. The molecule has 0 spiro atoms. The van der Waals surface area contributed by atoms with E-state index in [1.807, 2.05) is 30.3 Å². The van der Waals surface area contributed by atoms with E-state index in [1.54, 1.807) is 10.9 Å². The average Bonchev–Trinajstić information content (AvgIpc) is 3.03. The zero-order chi connectivity index (χ0) is 16.9. The van der Waals surface area contributed by atoms with Crippen LogP contribution in [0.25, 0.3) is 0 Å². The number of rotatable bonds is 6. The summed E-state index contributed by atoms with van der Waals surface area (Å²) >= 11 is 0. The molecule has 24 heavy (non-hydrogen) atoms. The standard InChI is InChI=1S/C19H22N4O/c1-22(2)12-15-7-6-8-16(11-15)13-23-14-18(20-21-23)19(24)17-9-4-3-5-10-17/h3-11,14,19,24H,12-13H2,1-2H3/t19-/m0/s1. The van der Waals surface area contributed by atoms with Gasteiger partial charge in [0.25, 0.3) is 0 Å². The molecule has 1 N–H and O–H groups in total. The molecule has 0 aliphatic rings. The van der Waals surface area contributed by atoms with Crippen molar-refractivity contribution in [1.29, 1.82) is 0 Å². The summed E-state index contributed by atoms with van der Waals surface area (Å²) in [4.78, 5) is 2.14. The first-order valence-electron chi connectivity index (χ1n) is 7.97. The number of aromatic nitrogens is 3. The quantitative estimate of drug-likeness (QED) is 0.757. The Morgan fingerprint density at radius 2 is 1.79 bits per heavy atom. The summed E-state index contributed by atoms with van der Waals surface area (Å²) in [7, 11) is 4.11. The molecule has 0 bridgehead atoms. The number of hydrogen-bond donors (Lipinski definition) is 1. The van der Waals surface area contributed by atoms with Gasteiger partial charge in [0.1, 0.15) is 11.8 Å². The summed E-state index contributed by atoms with van der Waals surface area (Å²) in [6, 6.07) is 17.9. The summed E-state index contributed by atoms with van der Waals surface area (Å²) in [5, 5.41) is 18.7. The molecule has 3 rings (SSSR count). The Kier molecular flexibility index (Phi) is 5.03. The van der Waals surface area contributed by atoms with Crippen molar-refractivity contribution in [2.75, 3.05) is 14.1 Å². The first kappa shape index (κ1) is 16.4. The van der Waals surface area contributed by atoms with Gasteiger partial charge < -0.3 is 10.0 Å². The third kappa shape index (κ3) is 4.07. The molecule has 0 aliphatic carbocycles.